The molecule has 0 aliphatic rings. The second kappa shape index (κ2) is 10.1. The van der Waals surface area contributed by atoms with Crippen LogP contribution >= 0.6 is 0 Å². The monoisotopic (exact) mass is 396 g/mol. The molecule has 0 spiro atoms. The third-order valence-corrected chi connectivity index (χ3v) is 4.46. The van der Waals surface area contributed by atoms with Crippen molar-refractivity contribution >= 4 is 11.8 Å². The van der Waals surface area contributed by atoms with Crippen molar-refractivity contribution in [2.24, 2.45) is 0 Å². The van der Waals surface area contributed by atoms with Crippen LogP contribution in [0.5, 0.6) is 5.75 Å². The molecular weight excluding hydrogens is 364 g/mol. The summed E-state index contributed by atoms with van der Waals surface area (Å²) >= 11 is 0. The van der Waals surface area contributed by atoms with Gasteiger partial charge in [0, 0.05) is 12.1 Å². The zero-order chi connectivity index (χ0) is 21.4. The van der Waals surface area contributed by atoms with Crippen molar-refractivity contribution in [3.05, 3.63) is 65.7 Å². The van der Waals surface area contributed by atoms with E-state index in [0.717, 1.165) is 11.1 Å². The van der Waals surface area contributed by atoms with Crippen LogP contribution < -0.4 is 10.1 Å². The third kappa shape index (κ3) is 7.26. The Morgan fingerprint density at radius 1 is 1.03 bits per heavy atom. The van der Waals surface area contributed by atoms with Crippen LogP contribution in [-0.4, -0.2) is 34.9 Å². The van der Waals surface area contributed by atoms with Gasteiger partial charge in [0.05, 0.1) is 0 Å². The molecule has 5 nitrogen and oxygen atoms in total. The fraction of sp³-hybridized carbons (Fsp3) is 0.417. The Kier molecular flexibility index (Phi) is 7.82. The van der Waals surface area contributed by atoms with Crippen molar-refractivity contribution < 1.29 is 14.3 Å². The van der Waals surface area contributed by atoms with E-state index in [4.69, 9.17) is 4.74 Å². The van der Waals surface area contributed by atoms with Gasteiger partial charge in [-0.3, -0.25) is 9.59 Å². The Hall–Kier alpha value is -2.82. The molecule has 1 atom stereocenters. The van der Waals surface area contributed by atoms with Crippen LogP contribution in [0.1, 0.15) is 45.2 Å². The van der Waals surface area contributed by atoms with Crippen molar-refractivity contribution in [3.63, 3.8) is 0 Å². The predicted octanol–water partition coefficient (Wildman–Crippen LogP) is 4.10. The first-order valence-electron chi connectivity index (χ1n) is 10.0. The van der Waals surface area contributed by atoms with E-state index < -0.39 is 6.04 Å². The second-order valence-electron chi connectivity index (χ2n) is 8.27. The molecule has 29 heavy (non-hydrogen) atoms. The van der Waals surface area contributed by atoms with E-state index in [9.17, 15) is 9.59 Å². The number of benzene rings is 2. The molecule has 0 fully saturated rings. The number of hydrogen-bond donors (Lipinski definition) is 1. The van der Waals surface area contributed by atoms with Crippen molar-refractivity contribution in [3.8, 4) is 5.75 Å². The van der Waals surface area contributed by atoms with Gasteiger partial charge in [-0.2, -0.15) is 0 Å². The molecule has 0 aliphatic carbocycles. The first kappa shape index (κ1) is 22.5. The molecule has 2 aromatic rings. The highest BCUT2D eigenvalue weighted by Crippen LogP contribution is 2.16. The largest absolute Gasteiger partial charge is 0.484 e. The van der Waals surface area contributed by atoms with E-state index >= 15 is 0 Å². The lowest BCUT2D eigenvalue weighted by molar-refractivity contribution is -0.143. The van der Waals surface area contributed by atoms with Crippen molar-refractivity contribution in [2.75, 3.05) is 6.61 Å². The molecular formula is C24H32N2O3. The topological polar surface area (TPSA) is 58.6 Å². The van der Waals surface area contributed by atoms with Crippen LogP contribution in [-0.2, 0) is 16.1 Å². The van der Waals surface area contributed by atoms with Crippen LogP contribution in [0.4, 0.5) is 0 Å². The average molecular weight is 397 g/mol. The molecule has 0 saturated heterocycles. The fourth-order valence-electron chi connectivity index (χ4n) is 3.01. The highest BCUT2D eigenvalue weighted by molar-refractivity contribution is 5.88. The molecule has 0 unspecified atom stereocenters. The standard InChI is InChI=1S/C24H32N2O3/c1-6-21(23(28)25-24(3,4)5)26(16-19-14-12-18(2)13-15-19)22(27)17-29-20-10-8-7-9-11-20/h7-15,21H,6,16-17H2,1-5H3,(H,25,28)/t21-/m0/s1. The molecule has 0 aromatic heterocycles. The van der Waals surface area contributed by atoms with Gasteiger partial charge in [0.1, 0.15) is 11.8 Å². The number of ether oxygens (including phenoxy) is 1. The van der Waals surface area contributed by atoms with Crippen molar-refractivity contribution in [1.82, 2.24) is 10.2 Å². The molecule has 0 heterocycles. The number of nitrogens with zero attached hydrogens (tertiary/aromatic N) is 1. The lowest BCUT2D eigenvalue weighted by atomic mass is 10.1. The summed E-state index contributed by atoms with van der Waals surface area (Å²) in [5.41, 5.74) is 1.76. The normalized spacial score (nSPS) is 12.2. The van der Waals surface area contributed by atoms with Crippen molar-refractivity contribution in [1.29, 1.82) is 0 Å². The van der Waals surface area contributed by atoms with E-state index in [-0.39, 0.29) is 24.0 Å². The van der Waals surface area contributed by atoms with Gasteiger partial charge in [0.25, 0.3) is 5.91 Å². The van der Waals surface area contributed by atoms with Crippen LogP contribution in [0.25, 0.3) is 0 Å². The number of aryl methyl sites for hydroxylation is 1. The number of carbonyl (C=O) groups is 2. The smallest absolute Gasteiger partial charge is 0.261 e. The molecule has 0 radical (unpaired) electrons. The van der Waals surface area contributed by atoms with Gasteiger partial charge in [-0.15, -0.1) is 0 Å². The Labute approximate surface area is 174 Å². The molecule has 5 heteroatoms. The van der Waals surface area contributed by atoms with Gasteiger partial charge in [-0.1, -0.05) is 55.0 Å². The van der Waals surface area contributed by atoms with E-state index in [1.54, 1.807) is 17.0 Å². The first-order valence-corrected chi connectivity index (χ1v) is 10.0. The Balaban J connectivity index is 2.21. The number of rotatable bonds is 8. The number of carbonyl (C=O) groups excluding carboxylic acids is 2. The lowest BCUT2D eigenvalue weighted by Gasteiger charge is -2.33. The molecule has 0 saturated carbocycles. The molecule has 0 bridgehead atoms. The second-order valence-corrected chi connectivity index (χ2v) is 8.27. The average Bonchev–Trinajstić information content (AvgIpc) is 2.67. The van der Waals surface area contributed by atoms with Gasteiger partial charge in [0.2, 0.25) is 5.91 Å². The molecule has 156 valence electrons. The maximum Gasteiger partial charge on any atom is 0.261 e. The minimum absolute atomic E-state index is 0.116. The number of nitrogens with one attached hydrogen (secondary N) is 1. The fourth-order valence-corrected chi connectivity index (χ4v) is 3.01. The summed E-state index contributed by atoms with van der Waals surface area (Å²) in [6, 6.07) is 16.6. The third-order valence-electron chi connectivity index (χ3n) is 4.46. The van der Waals surface area contributed by atoms with Gasteiger partial charge < -0.3 is 15.0 Å². The zero-order valence-electron chi connectivity index (χ0n) is 18.1. The Morgan fingerprint density at radius 2 is 1.66 bits per heavy atom. The Morgan fingerprint density at radius 3 is 2.21 bits per heavy atom. The summed E-state index contributed by atoms with van der Waals surface area (Å²) in [5, 5.41) is 3.00. The van der Waals surface area contributed by atoms with Gasteiger partial charge in [-0.25, -0.2) is 0 Å². The highest BCUT2D eigenvalue weighted by atomic mass is 16.5. The zero-order valence-corrected chi connectivity index (χ0v) is 18.1. The molecule has 2 aromatic carbocycles. The summed E-state index contributed by atoms with van der Waals surface area (Å²) in [6.45, 7) is 9.97. The molecule has 2 rings (SSSR count). The van der Waals surface area contributed by atoms with Gasteiger partial charge >= 0.3 is 0 Å². The summed E-state index contributed by atoms with van der Waals surface area (Å²) in [6.07, 6.45) is 0.519. The van der Waals surface area contributed by atoms with Crippen LogP contribution in [0.3, 0.4) is 0 Å². The van der Waals surface area contributed by atoms with E-state index in [1.165, 1.54) is 0 Å². The maximum absolute atomic E-state index is 13.1. The summed E-state index contributed by atoms with van der Waals surface area (Å²) in [7, 11) is 0. The SMILES string of the molecule is CC[C@@H](C(=O)NC(C)(C)C)N(Cc1ccc(C)cc1)C(=O)COc1ccccc1. The number of para-hydroxylation sites is 1. The quantitative estimate of drug-likeness (QED) is 0.731. The number of hydrogen-bond acceptors (Lipinski definition) is 3. The van der Waals surface area contributed by atoms with E-state index in [1.807, 2.05) is 77.1 Å². The Bertz CT molecular complexity index is 795. The number of amides is 2. The maximum atomic E-state index is 13.1. The first-order chi connectivity index (χ1) is 13.7. The summed E-state index contributed by atoms with van der Waals surface area (Å²) in [4.78, 5) is 27.6. The van der Waals surface area contributed by atoms with Crippen LogP contribution in [0.15, 0.2) is 54.6 Å². The minimum atomic E-state index is -0.567. The van der Waals surface area contributed by atoms with E-state index in [0.29, 0.717) is 18.7 Å². The van der Waals surface area contributed by atoms with E-state index in [2.05, 4.69) is 5.32 Å². The summed E-state index contributed by atoms with van der Waals surface area (Å²) < 4.78 is 5.66. The molecule has 2 amide bonds. The predicted molar refractivity (Wildman–Crippen MR) is 116 cm³/mol. The minimum Gasteiger partial charge on any atom is -0.484 e. The van der Waals surface area contributed by atoms with Crippen molar-refractivity contribution in [2.45, 2.75) is 59.2 Å². The lowest BCUT2D eigenvalue weighted by Crippen LogP contribution is -2.54. The van der Waals surface area contributed by atoms with Crippen LogP contribution in [0.2, 0.25) is 0 Å². The van der Waals surface area contributed by atoms with Gasteiger partial charge in [0.15, 0.2) is 6.61 Å². The van der Waals surface area contributed by atoms with Gasteiger partial charge in [-0.05, 0) is 51.8 Å². The van der Waals surface area contributed by atoms with Crippen LogP contribution in [0, 0.1) is 6.92 Å². The summed E-state index contributed by atoms with van der Waals surface area (Å²) in [5.74, 6) is 0.258. The molecule has 0 aliphatic heterocycles. The molecule has 1 N–H and O–H groups in total. The highest BCUT2D eigenvalue weighted by Gasteiger charge is 2.30.